The number of ether oxygens (including phenoxy) is 1. The molecule has 0 fully saturated rings. The standard InChI is InChI=1S/C15H25NO2/c1-12-7-5-6-8-14(12)18-10-13(17)9-16-11-15(2,3)4/h5-8,13,16-17H,9-11H2,1-4H3. The van der Waals surface area contributed by atoms with E-state index in [0.29, 0.717) is 13.2 Å². The highest BCUT2D eigenvalue weighted by molar-refractivity contribution is 5.31. The van der Waals surface area contributed by atoms with Crippen molar-refractivity contribution in [2.45, 2.75) is 33.8 Å². The summed E-state index contributed by atoms with van der Waals surface area (Å²) >= 11 is 0. The highest BCUT2D eigenvalue weighted by atomic mass is 16.5. The number of benzene rings is 1. The zero-order valence-corrected chi connectivity index (χ0v) is 11.9. The number of nitrogens with one attached hydrogen (secondary N) is 1. The molecule has 0 saturated carbocycles. The number of hydrogen-bond acceptors (Lipinski definition) is 3. The van der Waals surface area contributed by atoms with Crippen molar-refractivity contribution < 1.29 is 9.84 Å². The van der Waals surface area contributed by atoms with Gasteiger partial charge < -0.3 is 15.2 Å². The third-order valence-corrected chi connectivity index (χ3v) is 2.56. The largest absolute Gasteiger partial charge is 0.491 e. The molecule has 1 aromatic rings. The van der Waals surface area contributed by atoms with Gasteiger partial charge in [0, 0.05) is 13.1 Å². The highest BCUT2D eigenvalue weighted by Crippen LogP contribution is 2.16. The number of aryl methyl sites for hydroxylation is 1. The fourth-order valence-corrected chi connectivity index (χ4v) is 1.58. The van der Waals surface area contributed by atoms with Crippen LogP contribution in [-0.4, -0.2) is 30.9 Å². The van der Waals surface area contributed by atoms with Crippen molar-refractivity contribution in [3.8, 4) is 5.75 Å². The first-order valence-corrected chi connectivity index (χ1v) is 6.46. The maximum atomic E-state index is 9.81. The Morgan fingerprint density at radius 1 is 1.28 bits per heavy atom. The smallest absolute Gasteiger partial charge is 0.122 e. The van der Waals surface area contributed by atoms with Crippen LogP contribution in [0, 0.1) is 12.3 Å². The Bertz CT molecular complexity index is 358. The van der Waals surface area contributed by atoms with Crippen molar-refractivity contribution in [2.75, 3.05) is 19.7 Å². The fourth-order valence-electron chi connectivity index (χ4n) is 1.58. The normalized spacial score (nSPS) is 13.4. The molecule has 0 saturated heterocycles. The Balaban J connectivity index is 2.25. The van der Waals surface area contributed by atoms with Crippen LogP contribution in [0.25, 0.3) is 0 Å². The predicted octanol–water partition coefficient (Wildman–Crippen LogP) is 2.37. The Morgan fingerprint density at radius 2 is 1.94 bits per heavy atom. The molecule has 0 bridgehead atoms. The molecule has 1 rings (SSSR count). The molecule has 0 aromatic heterocycles. The lowest BCUT2D eigenvalue weighted by Gasteiger charge is -2.20. The lowest BCUT2D eigenvalue weighted by molar-refractivity contribution is 0.104. The van der Waals surface area contributed by atoms with Crippen LogP contribution in [0.5, 0.6) is 5.75 Å². The number of rotatable bonds is 6. The summed E-state index contributed by atoms with van der Waals surface area (Å²) in [4.78, 5) is 0. The van der Waals surface area contributed by atoms with Gasteiger partial charge in [0.2, 0.25) is 0 Å². The first-order chi connectivity index (χ1) is 8.38. The van der Waals surface area contributed by atoms with Gasteiger partial charge in [-0.3, -0.25) is 0 Å². The SMILES string of the molecule is Cc1ccccc1OCC(O)CNCC(C)(C)C. The highest BCUT2D eigenvalue weighted by Gasteiger charge is 2.11. The summed E-state index contributed by atoms with van der Waals surface area (Å²) in [5.74, 6) is 0.840. The van der Waals surface area contributed by atoms with E-state index in [1.165, 1.54) is 0 Å². The van der Waals surface area contributed by atoms with E-state index in [1.54, 1.807) is 0 Å². The number of hydrogen-bond donors (Lipinski definition) is 2. The number of aliphatic hydroxyl groups is 1. The fraction of sp³-hybridized carbons (Fsp3) is 0.600. The maximum Gasteiger partial charge on any atom is 0.122 e. The molecule has 1 aromatic carbocycles. The Labute approximate surface area is 110 Å². The molecule has 0 amide bonds. The third-order valence-electron chi connectivity index (χ3n) is 2.56. The molecule has 18 heavy (non-hydrogen) atoms. The van der Waals surface area contributed by atoms with Gasteiger partial charge in [-0.25, -0.2) is 0 Å². The van der Waals surface area contributed by atoms with Crippen LogP contribution in [0.2, 0.25) is 0 Å². The summed E-state index contributed by atoms with van der Waals surface area (Å²) in [7, 11) is 0. The molecule has 0 aliphatic heterocycles. The van der Waals surface area contributed by atoms with Gasteiger partial charge in [-0.2, -0.15) is 0 Å². The lowest BCUT2D eigenvalue weighted by atomic mass is 9.97. The molecule has 0 heterocycles. The van der Waals surface area contributed by atoms with Gasteiger partial charge in [0.1, 0.15) is 18.5 Å². The van der Waals surface area contributed by atoms with Crippen molar-refractivity contribution in [2.24, 2.45) is 5.41 Å². The molecule has 1 unspecified atom stereocenters. The van der Waals surface area contributed by atoms with Gasteiger partial charge in [-0.15, -0.1) is 0 Å². The Morgan fingerprint density at radius 3 is 2.56 bits per heavy atom. The van der Waals surface area contributed by atoms with E-state index in [-0.39, 0.29) is 5.41 Å². The van der Waals surface area contributed by atoms with E-state index in [4.69, 9.17) is 4.74 Å². The minimum absolute atomic E-state index is 0.233. The van der Waals surface area contributed by atoms with Gasteiger partial charge in [-0.05, 0) is 24.0 Å². The Kier molecular flexibility index (Phi) is 5.63. The molecule has 102 valence electrons. The first kappa shape index (κ1) is 15.0. The van der Waals surface area contributed by atoms with Crippen LogP contribution in [0.3, 0.4) is 0 Å². The van der Waals surface area contributed by atoms with Crippen LogP contribution in [-0.2, 0) is 0 Å². The minimum atomic E-state index is -0.480. The molecule has 0 spiro atoms. The van der Waals surface area contributed by atoms with E-state index in [0.717, 1.165) is 17.9 Å². The van der Waals surface area contributed by atoms with Gasteiger partial charge >= 0.3 is 0 Å². The summed E-state index contributed by atoms with van der Waals surface area (Å²) < 4.78 is 5.59. The average Bonchev–Trinajstić information content (AvgIpc) is 2.26. The summed E-state index contributed by atoms with van der Waals surface area (Å²) in [5, 5.41) is 13.1. The van der Waals surface area contributed by atoms with Crippen molar-refractivity contribution in [1.82, 2.24) is 5.32 Å². The quantitative estimate of drug-likeness (QED) is 0.815. The van der Waals surface area contributed by atoms with Gasteiger partial charge in [0.05, 0.1) is 0 Å². The van der Waals surface area contributed by atoms with Gasteiger partial charge in [0.25, 0.3) is 0 Å². The third kappa shape index (κ3) is 6.03. The topological polar surface area (TPSA) is 41.5 Å². The van der Waals surface area contributed by atoms with Gasteiger partial charge in [0.15, 0.2) is 0 Å². The van der Waals surface area contributed by atoms with Crippen LogP contribution in [0.15, 0.2) is 24.3 Å². The zero-order chi connectivity index (χ0) is 13.6. The molecule has 0 aliphatic carbocycles. The van der Waals surface area contributed by atoms with E-state index >= 15 is 0 Å². The molecule has 1 atom stereocenters. The van der Waals surface area contributed by atoms with Crippen molar-refractivity contribution in [3.05, 3.63) is 29.8 Å². The first-order valence-electron chi connectivity index (χ1n) is 6.46. The van der Waals surface area contributed by atoms with E-state index < -0.39 is 6.10 Å². The van der Waals surface area contributed by atoms with E-state index in [9.17, 15) is 5.11 Å². The van der Waals surface area contributed by atoms with Crippen LogP contribution in [0.4, 0.5) is 0 Å². The Hall–Kier alpha value is -1.06. The average molecular weight is 251 g/mol. The van der Waals surface area contributed by atoms with Crippen LogP contribution in [0.1, 0.15) is 26.3 Å². The predicted molar refractivity (Wildman–Crippen MR) is 75.0 cm³/mol. The molecule has 2 N–H and O–H groups in total. The summed E-state index contributed by atoms with van der Waals surface area (Å²) in [6.45, 7) is 10.3. The van der Waals surface area contributed by atoms with E-state index in [2.05, 4.69) is 26.1 Å². The number of aliphatic hydroxyl groups excluding tert-OH is 1. The minimum Gasteiger partial charge on any atom is -0.491 e. The molecule has 3 heteroatoms. The van der Waals surface area contributed by atoms with Crippen LogP contribution < -0.4 is 10.1 Å². The van der Waals surface area contributed by atoms with Crippen molar-refractivity contribution in [1.29, 1.82) is 0 Å². The molecule has 0 aliphatic rings. The van der Waals surface area contributed by atoms with Crippen LogP contribution >= 0.6 is 0 Å². The van der Waals surface area contributed by atoms with Crippen molar-refractivity contribution in [3.63, 3.8) is 0 Å². The monoisotopic (exact) mass is 251 g/mol. The summed E-state index contributed by atoms with van der Waals surface area (Å²) in [6.07, 6.45) is -0.480. The zero-order valence-electron chi connectivity index (χ0n) is 11.9. The van der Waals surface area contributed by atoms with Gasteiger partial charge in [-0.1, -0.05) is 39.0 Å². The second kappa shape index (κ2) is 6.76. The molecule has 3 nitrogen and oxygen atoms in total. The molecular formula is C15H25NO2. The number of para-hydroxylation sites is 1. The molecular weight excluding hydrogens is 226 g/mol. The second-order valence-corrected chi connectivity index (χ2v) is 5.92. The lowest BCUT2D eigenvalue weighted by Crippen LogP contribution is -2.36. The summed E-state index contributed by atoms with van der Waals surface area (Å²) in [6, 6.07) is 7.83. The van der Waals surface area contributed by atoms with E-state index in [1.807, 2.05) is 31.2 Å². The van der Waals surface area contributed by atoms with Crippen molar-refractivity contribution >= 4 is 0 Å². The second-order valence-electron chi connectivity index (χ2n) is 5.92. The summed E-state index contributed by atoms with van der Waals surface area (Å²) in [5.41, 5.74) is 1.32. The molecule has 0 radical (unpaired) electrons. The maximum absolute atomic E-state index is 9.81.